The molecule has 22 heavy (non-hydrogen) atoms. The Hall–Kier alpha value is -2.09. The third-order valence-corrected chi connectivity index (χ3v) is 3.66. The van der Waals surface area contributed by atoms with Gasteiger partial charge < -0.3 is 10.2 Å². The summed E-state index contributed by atoms with van der Waals surface area (Å²) in [5, 5.41) is 13.3. The van der Waals surface area contributed by atoms with Crippen molar-refractivity contribution in [3.05, 3.63) is 34.4 Å². The maximum Gasteiger partial charge on any atom is 0.269 e. The molecule has 0 heterocycles. The summed E-state index contributed by atoms with van der Waals surface area (Å²) >= 11 is 1.27. The summed E-state index contributed by atoms with van der Waals surface area (Å²) in [4.78, 5) is 35.7. The van der Waals surface area contributed by atoms with E-state index >= 15 is 0 Å². The Balaban J connectivity index is 2.44. The summed E-state index contributed by atoms with van der Waals surface area (Å²) in [7, 11) is 1.57. The van der Waals surface area contributed by atoms with Crippen LogP contribution in [0.3, 0.4) is 0 Å². The predicted octanol–water partition coefficient (Wildman–Crippen LogP) is 1.67. The minimum Gasteiger partial charge on any atom is -0.352 e. The first-order chi connectivity index (χ1) is 10.3. The molecule has 7 nitrogen and oxygen atoms in total. The predicted molar refractivity (Wildman–Crippen MR) is 84.7 cm³/mol. The molecule has 1 N–H and O–H groups in total. The number of nitro groups is 1. The van der Waals surface area contributed by atoms with Crippen molar-refractivity contribution in [1.29, 1.82) is 0 Å². The molecule has 1 aromatic rings. The fourth-order valence-corrected chi connectivity index (χ4v) is 2.43. The topological polar surface area (TPSA) is 92.6 Å². The smallest absolute Gasteiger partial charge is 0.269 e. The van der Waals surface area contributed by atoms with Gasteiger partial charge in [-0.3, -0.25) is 19.7 Å². The number of benzene rings is 1. The third kappa shape index (κ3) is 6.13. The molecule has 0 aliphatic carbocycles. The van der Waals surface area contributed by atoms with Crippen LogP contribution in [0, 0.1) is 10.1 Å². The Bertz CT molecular complexity index is 546. The fraction of sp³-hybridized carbons (Fsp3) is 0.429. The Morgan fingerprint density at radius 1 is 1.32 bits per heavy atom. The van der Waals surface area contributed by atoms with Crippen LogP contribution in [0.4, 0.5) is 5.69 Å². The lowest BCUT2D eigenvalue weighted by Gasteiger charge is -2.17. The van der Waals surface area contributed by atoms with Crippen molar-refractivity contribution in [1.82, 2.24) is 10.2 Å². The van der Waals surface area contributed by atoms with Crippen LogP contribution in [0.1, 0.15) is 13.8 Å². The zero-order valence-electron chi connectivity index (χ0n) is 12.7. The first-order valence-electron chi connectivity index (χ1n) is 6.70. The van der Waals surface area contributed by atoms with E-state index in [2.05, 4.69) is 5.32 Å². The van der Waals surface area contributed by atoms with Gasteiger partial charge >= 0.3 is 0 Å². The quantitative estimate of drug-likeness (QED) is 0.468. The second-order valence-corrected chi connectivity index (χ2v) is 6.06. The molecule has 1 aromatic carbocycles. The standard InChI is InChI=1S/C14H19N3O4S/c1-10(2)15-13(18)8-16(3)14(19)9-22-12-6-4-11(5-7-12)17(20)21/h4-7,10H,8-9H2,1-3H3,(H,15,18). The minimum atomic E-state index is -0.472. The number of likely N-dealkylation sites (N-methyl/N-ethyl adjacent to an activating group) is 1. The Labute approximate surface area is 133 Å². The molecule has 0 bridgehead atoms. The van der Waals surface area contributed by atoms with Gasteiger partial charge in [0.2, 0.25) is 11.8 Å². The van der Waals surface area contributed by atoms with E-state index in [1.54, 1.807) is 19.2 Å². The molecule has 0 aliphatic rings. The Morgan fingerprint density at radius 3 is 2.41 bits per heavy atom. The van der Waals surface area contributed by atoms with E-state index in [0.717, 1.165) is 4.90 Å². The van der Waals surface area contributed by atoms with E-state index in [-0.39, 0.29) is 35.8 Å². The van der Waals surface area contributed by atoms with Crippen LogP contribution in [0.5, 0.6) is 0 Å². The number of nitro benzene ring substituents is 1. The molecule has 0 spiro atoms. The van der Waals surface area contributed by atoms with Gasteiger partial charge in [0.05, 0.1) is 17.2 Å². The van der Waals surface area contributed by atoms with Crippen LogP contribution in [-0.2, 0) is 9.59 Å². The number of nitrogens with zero attached hydrogens (tertiary/aromatic N) is 2. The van der Waals surface area contributed by atoms with Crippen molar-refractivity contribution >= 4 is 29.3 Å². The largest absolute Gasteiger partial charge is 0.352 e. The first kappa shape index (κ1) is 18.0. The van der Waals surface area contributed by atoms with Crippen molar-refractivity contribution in [2.24, 2.45) is 0 Å². The third-order valence-electron chi connectivity index (χ3n) is 2.67. The van der Waals surface area contributed by atoms with E-state index in [0.29, 0.717) is 0 Å². The molecule has 0 radical (unpaired) electrons. The van der Waals surface area contributed by atoms with Gasteiger partial charge in [0.15, 0.2) is 0 Å². The summed E-state index contributed by atoms with van der Waals surface area (Å²) in [5.74, 6) is -0.211. The van der Waals surface area contributed by atoms with Gasteiger partial charge in [0.25, 0.3) is 5.69 Å². The van der Waals surface area contributed by atoms with Crippen LogP contribution in [0.25, 0.3) is 0 Å². The van der Waals surface area contributed by atoms with E-state index in [4.69, 9.17) is 0 Å². The highest BCUT2D eigenvalue weighted by Gasteiger charge is 2.14. The molecule has 0 fully saturated rings. The van der Waals surface area contributed by atoms with Gasteiger partial charge in [0, 0.05) is 30.1 Å². The van der Waals surface area contributed by atoms with Gasteiger partial charge in [-0.1, -0.05) is 0 Å². The molecular weight excluding hydrogens is 306 g/mol. The molecule has 120 valence electrons. The van der Waals surface area contributed by atoms with Gasteiger partial charge in [-0.05, 0) is 26.0 Å². The van der Waals surface area contributed by atoms with Gasteiger partial charge in [-0.15, -0.1) is 11.8 Å². The molecule has 0 aromatic heterocycles. The van der Waals surface area contributed by atoms with Crippen LogP contribution < -0.4 is 5.32 Å². The number of amides is 2. The van der Waals surface area contributed by atoms with Crippen molar-refractivity contribution in [2.75, 3.05) is 19.3 Å². The summed E-state index contributed by atoms with van der Waals surface area (Å²) in [6, 6.07) is 6.02. The first-order valence-corrected chi connectivity index (χ1v) is 7.68. The maximum absolute atomic E-state index is 11.9. The molecular formula is C14H19N3O4S. The van der Waals surface area contributed by atoms with Gasteiger partial charge in [-0.2, -0.15) is 0 Å². The van der Waals surface area contributed by atoms with Gasteiger partial charge in [0.1, 0.15) is 0 Å². The summed E-state index contributed by atoms with van der Waals surface area (Å²) in [6.07, 6.45) is 0. The molecule has 0 saturated carbocycles. The number of hydrogen-bond acceptors (Lipinski definition) is 5. The highest BCUT2D eigenvalue weighted by Crippen LogP contribution is 2.21. The SMILES string of the molecule is CC(C)NC(=O)CN(C)C(=O)CSc1ccc([N+](=O)[O-])cc1. The second-order valence-electron chi connectivity index (χ2n) is 5.01. The summed E-state index contributed by atoms with van der Waals surface area (Å²) in [5.41, 5.74) is 0.0122. The normalized spacial score (nSPS) is 10.4. The number of non-ortho nitro benzene ring substituents is 1. The molecule has 2 amide bonds. The number of hydrogen-bond donors (Lipinski definition) is 1. The number of carbonyl (C=O) groups excluding carboxylic acids is 2. The fourth-order valence-electron chi connectivity index (χ4n) is 1.59. The van der Waals surface area contributed by atoms with Crippen molar-refractivity contribution in [3.63, 3.8) is 0 Å². The molecule has 0 unspecified atom stereocenters. The lowest BCUT2D eigenvalue weighted by Crippen LogP contribution is -2.41. The van der Waals surface area contributed by atoms with E-state index in [1.807, 2.05) is 13.8 Å². The van der Waals surface area contributed by atoms with Crippen LogP contribution in [-0.4, -0.2) is 47.0 Å². The van der Waals surface area contributed by atoms with Crippen molar-refractivity contribution in [3.8, 4) is 0 Å². The van der Waals surface area contributed by atoms with Crippen molar-refractivity contribution in [2.45, 2.75) is 24.8 Å². The number of thioether (sulfide) groups is 1. The van der Waals surface area contributed by atoms with Gasteiger partial charge in [-0.25, -0.2) is 0 Å². The van der Waals surface area contributed by atoms with Crippen LogP contribution >= 0.6 is 11.8 Å². The molecule has 1 rings (SSSR count). The molecule has 0 aliphatic heterocycles. The Morgan fingerprint density at radius 2 is 1.91 bits per heavy atom. The summed E-state index contributed by atoms with van der Waals surface area (Å²) in [6.45, 7) is 3.71. The number of nitrogens with one attached hydrogen (secondary N) is 1. The Kier molecular flexibility index (Phi) is 6.84. The second kappa shape index (κ2) is 8.38. The average molecular weight is 325 g/mol. The number of carbonyl (C=O) groups is 2. The van der Waals surface area contributed by atoms with Crippen LogP contribution in [0.2, 0.25) is 0 Å². The highest BCUT2D eigenvalue weighted by atomic mass is 32.2. The molecule has 0 saturated heterocycles. The lowest BCUT2D eigenvalue weighted by atomic mass is 10.3. The minimum absolute atomic E-state index is 0.0117. The highest BCUT2D eigenvalue weighted by molar-refractivity contribution is 8.00. The summed E-state index contributed by atoms with van der Waals surface area (Å²) < 4.78 is 0. The number of rotatable bonds is 7. The van der Waals surface area contributed by atoms with E-state index < -0.39 is 4.92 Å². The molecule has 0 atom stereocenters. The maximum atomic E-state index is 11.9. The zero-order valence-corrected chi connectivity index (χ0v) is 13.6. The van der Waals surface area contributed by atoms with Crippen LogP contribution in [0.15, 0.2) is 29.2 Å². The van der Waals surface area contributed by atoms with E-state index in [9.17, 15) is 19.7 Å². The average Bonchev–Trinajstić information content (AvgIpc) is 2.44. The lowest BCUT2D eigenvalue weighted by molar-refractivity contribution is -0.384. The van der Waals surface area contributed by atoms with E-state index in [1.165, 1.54) is 28.8 Å². The molecule has 8 heteroatoms. The zero-order chi connectivity index (χ0) is 16.7. The monoisotopic (exact) mass is 325 g/mol. The van der Waals surface area contributed by atoms with Crippen molar-refractivity contribution < 1.29 is 14.5 Å².